The quantitative estimate of drug-likeness (QED) is 0.0326. The van der Waals surface area contributed by atoms with Crippen LogP contribution in [0.5, 0.6) is 0 Å². The van der Waals surface area contributed by atoms with Gasteiger partial charge >= 0.3 is 0 Å². The van der Waals surface area contributed by atoms with Gasteiger partial charge in [0, 0.05) is 88.9 Å². The molecule has 0 saturated heterocycles. The van der Waals surface area contributed by atoms with Gasteiger partial charge < -0.3 is 41.7 Å². The number of hydrogen-bond donors (Lipinski definition) is 6. The number of carbonyl (C=O) groups is 6. The molecule has 0 bridgehead atoms. The lowest BCUT2D eigenvalue weighted by molar-refractivity contribution is -0.130. The van der Waals surface area contributed by atoms with Crippen LogP contribution in [0, 0.1) is 5.41 Å². The maximum absolute atomic E-state index is 13.9. The van der Waals surface area contributed by atoms with Crippen molar-refractivity contribution >= 4 is 35.4 Å². The van der Waals surface area contributed by atoms with Crippen LogP contribution < -0.4 is 31.9 Å². The topological polar surface area (TPSA) is 181 Å². The second-order valence-corrected chi connectivity index (χ2v) is 34.1. The maximum Gasteiger partial charge on any atom is 0.225 e. The van der Waals surface area contributed by atoms with E-state index in [1.54, 1.807) is 0 Å². The van der Waals surface area contributed by atoms with Crippen molar-refractivity contribution in [2.45, 2.75) is 498 Å². The summed E-state index contributed by atoms with van der Waals surface area (Å²) in [6.07, 6.45) is 76.2. The van der Waals surface area contributed by atoms with Gasteiger partial charge in [-0.1, -0.05) is 364 Å². The molecule has 0 aliphatic heterocycles. The van der Waals surface area contributed by atoms with Crippen LogP contribution in [0.4, 0.5) is 0 Å². The number of nitrogens with one attached hydrogen (secondary N) is 6. The van der Waals surface area contributed by atoms with Crippen molar-refractivity contribution in [3.63, 3.8) is 0 Å². The molecule has 6 N–H and O–H groups in total. The summed E-state index contributed by atoms with van der Waals surface area (Å²) in [4.78, 5) is 84.1. The van der Waals surface area contributed by atoms with Crippen molar-refractivity contribution in [3.05, 3.63) is 0 Å². The molecule has 0 aliphatic carbocycles. The van der Waals surface area contributed by atoms with Crippen LogP contribution in [0.25, 0.3) is 0 Å². The molecule has 14 heteroatoms. The fourth-order valence-electron chi connectivity index (χ4n) is 15.3. The summed E-state index contributed by atoms with van der Waals surface area (Å²) in [7, 11) is 0. The van der Waals surface area contributed by atoms with Crippen molar-refractivity contribution in [2.24, 2.45) is 5.41 Å². The Morgan fingerprint density at radius 1 is 0.231 bits per heavy atom. The van der Waals surface area contributed by atoms with Gasteiger partial charge in [-0.3, -0.25) is 28.8 Å². The number of hydrogen-bond acceptors (Lipinski definition) is 8. The van der Waals surface area contributed by atoms with Crippen LogP contribution in [-0.4, -0.2) is 123 Å². The number of rotatable bonds is 87. The van der Waals surface area contributed by atoms with E-state index in [2.05, 4.69) is 97.1 Å². The Kier molecular flexibility index (Phi) is 79.3. The molecule has 0 saturated carbocycles. The first-order chi connectivity index (χ1) is 52.7. The van der Waals surface area contributed by atoms with E-state index in [1.165, 1.54) is 257 Å². The minimum Gasteiger partial charge on any atom is -0.356 e. The number of unbranched alkanes of at least 4 members (excludes halogenated alkanes) is 47. The summed E-state index contributed by atoms with van der Waals surface area (Å²) in [5, 5.41) is 19.6. The summed E-state index contributed by atoms with van der Waals surface area (Å²) < 4.78 is 0. The summed E-state index contributed by atoms with van der Waals surface area (Å²) in [5.41, 5.74) is -0.404. The standard InChI is InChI=1S/C94H186N8O6/c1-9-15-21-27-33-35-37-46-60-76-95-88(103)70-57-50-64-82-101(80-62-48-39-44-56-72-92(107)99-86(66-52-40-29-23-17-11-3)67-53-41-30-24-18-12-4)84-78-97-90(105)73-74-91(106)98-79-85-102(83-65-51-58-71-89(104)96-77-61-47-38-36-34-28-22-16-10-2)81-63-49-45-59-75-94(7,8)93(108)100-87(68-54-42-31-25-19-13-5)69-55-43-32-26-20-14-6/h86-87H,9-85H2,1-8H3,(H,95,103)(H,96,104)(H,97,105)(H,98,106)(H,99,107)(H,100,108). The Labute approximate surface area is 670 Å². The fraction of sp³-hybridized carbons (Fsp3) is 0.936. The first-order valence-corrected chi connectivity index (χ1v) is 47.9. The molecule has 0 aromatic heterocycles. The molecule has 6 amide bonds. The van der Waals surface area contributed by atoms with Crippen molar-refractivity contribution in [2.75, 3.05) is 65.4 Å². The highest BCUT2D eigenvalue weighted by molar-refractivity contribution is 5.84. The van der Waals surface area contributed by atoms with Gasteiger partial charge in [0.15, 0.2) is 0 Å². The molecule has 0 rings (SSSR count). The summed E-state index contributed by atoms with van der Waals surface area (Å²) in [5.74, 6) is 0.580. The number of amides is 6. The monoisotopic (exact) mass is 1520 g/mol. The average Bonchev–Trinajstić information content (AvgIpc) is 0.873. The van der Waals surface area contributed by atoms with E-state index in [9.17, 15) is 28.8 Å². The van der Waals surface area contributed by atoms with Crippen LogP contribution in [0.2, 0.25) is 0 Å². The Morgan fingerprint density at radius 2 is 0.463 bits per heavy atom. The lowest BCUT2D eigenvalue weighted by atomic mass is 9.85. The van der Waals surface area contributed by atoms with Gasteiger partial charge in [0.25, 0.3) is 0 Å². The second-order valence-electron chi connectivity index (χ2n) is 34.1. The Morgan fingerprint density at radius 3 is 0.787 bits per heavy atom. The van der Waals surface area contributed by atoms with E-state index in [0.29, 0.717) is 38.4 Å². The van der Waals surface area contributed by atoms with Crippen LogP contribution >= 0.6 is 0 Å². The molecule has 0 heterocycles. The van der Waals surface area contributed by atoms with Gasteiger partial charge in [-0.15, -0.1) is 0 Å². The van der Waals surface area contributed by atoms with Gasteiger partial charge in [0.05, 0.1) is 0 Å². The second kappa shape index (κ2) is 81.7. The molecule has 0 aromatic rings. The first kappa shape index (κ1) is 105. The molecular weight excluding hydrogens is 1340 g/mol. The van der Waals surface area contributed by atoms with E-state index in [0.717, 1.165) is 194 Å². The van der Waals surface area contributed by atoms with Gasteiger partial charge in [-0.2, -0.15) is 0 Å². The predicted molar refractivity (Wildman–Crippen MR) is 466 cm³/mol. The van der Waals surface area contributed by atoms with Crippen LogP contribution in [0.15, 0.2) is 0 Å². The van der Waals surface area contributed by atoms with Gasteiger partial charge in [0.2, 0.25) is 35.4 Å². The fourth-order valence-corrected chi connectivity index (χ4v) is 15.3. The minimum absolute atomic E-state index is 0.0993. The molecule has 108 heavy (non-hydrogen) atoms. The molecule has 0 unspecified atom stereocenters. The zero-order chi connectivity index (χ0) is 79.0. The summed E-state index contributed by atoms with van der Waals surface area (Å²) >= 11 is 0. The highest BCUT2D eigenvalue weighted by Gasteiger charge is 2.29. The molecule has 0 radical (unpaired) electrons. The molecule has 14 nitrogen and oxygen atoms in total. The molecule has 638 valence electrons. The van der Waals surface area contributed by atoms with Gasteiger partial charge in [0.1, 0.15) is 0 Å². The number of carbonyl (C=O) groups excluding carboxylic acids is 6. The van der Waals surface area contributed by atoms with E-state index in [4.69, 9.17) is 0 Å². The molecule has 0 aliphatic rings. The zero-order valence-corrected chi connectivity index (χ0v) is 73.4. The Bertz CT molecular complexity index is 1960. The largest absolute Gasteiger partial charge is 0.356 e. The lowest BCUT2D eigenvalue weighted by Crippen LogP contribution is -2.43. The van der Waals surface area contributed by atoms with Crippen LogP contribution in [0.1, 0.15) is 486 Å². The third-order valence-corrected chi connectivity index (χ3v) is 22.9. The maximum atomic E-state index is 13.9. The molecular formula is C94H186N8O6. The molecule has 0 spiro atoms. The molecule has 0 aromatic carbocycles. The third kappa shape index (κ3) is 74.2. The SMILES string of the molecule is CCCCCCCCCCCNC(=O)CCCCCN(CCCCCCCC(=O)NC(CCCCCCCC)CCCCCCCC)CCNC(=O)CCC(=O)NCCN(CCCCCCC(C)(C)C(=O)NC(CCCCCCCC)CCCCCCCC)CCCCCC(=O)NCCCCCCCCCCC. The Balaban J connectivity index is 5.49. The summed E-state index contributed by atoms with van der Waals surface area (Å²) in [6.45, 7) is 25.7. The van der Waals surface area contributed by atoms with E-state index < -0.39 is 5.41 Å². The predicted octanol–water partition coefficient (Wildman–Crippen LogP) is 24.3. The van der Waals surface area contributed by atoms with Crippen molar-refractivity contribution in [3.8, 4) is 0 Å². The van der Waals surface area contributed by atoms with E-state index >= 15 is 0 Å². The van der Waals surface area contributed by atoms with Crippen LogP contribution in [-0.2, 0) is 28.8 Å². The molecule has 0 atom stereocenters. The highest BCUT2D eigenvalue weighted by atomic mass is 16.2. The normalized spacial score (nSPS) is 11.8. The third-order valence-electron chi connectivity index (χ3n) is 22.9. The smallest absolute Gasteiger partial charge is 0.225 e. The first-order valence-electron chi connectivity index (χ1n) is 47.9. The minimum atomic E-state index is -0.404. The van der Waals surface area contributed by atoms with Crippen LogP contribution in [0.3, 0.4) is 0 Å². The number of nitrogens with zero attached hydrogens (tertiary/aromatic N) is 2. The van der Waals surface area contributed by atoms with Gasteiger partial charge in [-0.25, -0.2) is 0 Å². The van der Waals surface area contributed by atoms with E-state index in [1.807, 2.05) is 0 Å². The highest BCUT2D eigenvalue weighted by Crippen LogP contribution is 2.27. The van der Waals surface area contributed by atoms with Crippen molar-refractivity contribution in [1.29, 1.82) is 0 Å². The average molecular weight is 1520 g/mol. The lowest BCUT2D eigenvalue weighted by Gasteiger charge is -2.28. The van der Waals surface area contributed by atoms with Crippen molar-refractivity contribution in [1.82, 2.24) is 41.7 Å². The summed E-state index contributed by atoms with van der Waals surface area (Å²) in [6, 6.07) is 0.585. The zero-order valence-electron chi connectivity index (χ0n) is 73.4. The molecule has 0 fully saturated rings. The van der Waals surface area contributed by atoms with Crippen molar-refractivity contribution < 1.29 is 28.8 Å². The Hall–Kier alpha value is -3.26. The van der Waals surface area contributed by atoms with E-state index in [-0.39, 0.29) is 54.3 Å². The van der Waals surface area contributed by atoms with Gasteiger partial charge in [-0.05, 0) is 116 Å².